The monoisotopic (exact) mass is 328 g/mol. The lowest BCUT2D eigenvalue weighted by atomic mass is 10.0. The first-order valence-electron chi connectivity index (χ1n) is 8.48. The zero-order chi connectivity index (χ0) is 17.7. The van der Waals surface area contributed by atoms with E-state index < -0.39 is 6.04 Å². The summed E-state index contributed by atoms with van der Waals surface area (Å²) in [7, 11) is 0. The fourth-order valence-corrected chi connectivity index (χ4v) is 2.82. The van der Waals surface area contributed by atoms with Gasteiger partial charge in [0.05, 0.1) is 18.3 Å². The number of hydrogen-bond acceptors (Lipinski definition) is 3. The maximum absolute atomic E-state index is 12.1. The molecule has 0 spiro atoms. The molecule has 5 nitrogen and oxygen atoms in total. The predicted octanol–water partition coefficient (Wildman–Crippen LogP) is 2.54. The molecule has 0 bridgehead atoms. The second kappa shape index (κ2) is 8.11. The normalized spacial score (nSPS) is 12.4. The van der Waals surface area contributed by atoms with Gasteiger partial charge in [0.2, 0.25) is 5.91 Å². The van der Waals surface area contributed by atoms with Crippen LogP contribution in [0.1, 0.15) is 42.8 Å². The Kier molecular flexibility index (Phi) is 6.15. The van der Waals surface area contributed by atoms with Gasteiger partial charge in [-0.05, 0) is 31.7 Å². The molecule has 1 atom stereocenters. The Morgan fingerprint density at radius 2 is 1.92 bits per heavy atom. The van der Waals surface area contributed by atoms with E-state index in [0.717, 1.165) is 23.5 Å². The van der Waals surface area contributed by atoms with E-state index in [2.05, 4.69) is 36.4 Å². The minimum absolute atomic E-state index is 0.0988. The zero-order valence-corrected chi connectivity index (χ0v) is 15.0. The summed E-state index contributed by atoms with van der Waals surface area (Å²) in [5, 5.41) is 7.56. The van der Waals surface area contributed by atoms with Gasteiger partial charge in [-0.1, -0.05) is 44.2 Å². The summed E-state index contributed by atoms with van der Waals surface area (Å²) in [6.45, 7) is 9.35. The molecule has 1 aromatic heterocycles. The van der Waals surface area contributed by atoms with Gasteiger partial charge in [-0.15, -0.1) is 0 Å². The number of rotatable bonds is 7. The number of benzene rings is 1. The quantitative estimate of drug-likeness (QED) is 0.820. The molecule has 130 valence electrons. The molecule has 3 N–H and O–H groups in total. The van der Waals surface area contributed by atoms with Crippen LogP contribution in [0.2, 0.25) is 0 Å². The van der Waals surface area contributed by atoms with Crippen LogP contribution in [0.3, 0.4) is 0 Å². The highest BCUT2D eigenvalue weighted by Crippen LogP contribution is 2.15. The van der Waals surface area contributed by atoms with Gasteiger partial charge >= 0.3 is 0 Å². The van der Waals surface area contributed by atoms with Gasteiger partial charge in [0, 0.05) is 17.8 Å². The van der Waals surface area contributed by atoms with Crippen molar-refractivity contribution in [1.82, 2.24) is 15.1 Å². The summed E-state index contributed by atoms with van der Waals surface area (Å²) < 4.78 is 1.99. The molecule has 24 heavy (non-hydrogen) atoms. The average Bonchev–Trinajstić information content (AvgIpc) is 2.79. The van der Waals surface area contributed by atoms with E-state index in [9.17, 15) is 4.79 Å². The number of amides is 1. The highest BCUT2D eigenvalue weighted by atomic mass is 16.2. The molecule has 0 radical (unpaired) electrons. The van der Waals surface area contributed by atoms with Crippen LogP contribution in [0.15, 0.2) is 30.3 Å². The molecule has 0 aliphatic heterocycles. The van der Waals surface area contributed by atoms with Crippen LogP contribution in [0.4, 0.5) is 0 Å². The third kappa shape index (κ3) is 4.68. The highest BCUT2D eigenvalue weighted by molar-refractivity contribution is 5.81. The van der Waals surface area contributed by atoms with Gasteiger partial charge in [0.15, 0.2) is 0 Å². The number of nitrogens with two attached hydrogens (primary N) is 1. The minimum Gasteiger partial charge on any atom is -0.351 e. The van der Waals surface area contributed by atoms with Crippen LogP contribution in [0, 0.1) is 19.8 Å². The summed E-state index contributed by atoms with van der Waals surface area (Å²) in [4.78, 5) is 12.1. The van der Waals surface area contributed by atoms with Crippen LogP contribution in [0.5, 0.6) is 0 Å². The first-order valence-corrected chi connectivity index (χ1v) is 8.48. The Hall–Kier alpha value is -2.14. The van der Waals surface area contributed by atoms with Crippen molar-refractivity contribution in [3.63, 3.8) is 0 Å². The fourth-order valence-electron chi connectivity index (χ4n) is 2.82. The van der Waals surface area contributed by atoms with Crippen LogP contribution >= 0.6 is 0 Å². The number of aryl methyl sites for hydroxylation is 1. The van der Waals surface area contributed by atoms with Gasteiger partial charge in [-0.25, -0.2) is 0 Å². The van der Waals surface area contributed by atoms with Crippen molar-refractivity contribution in [3.05, 3.63) is 52.8 Å². The molecule has 1 heterocycles. The number of nitrogens with zero attached hydrogens (tertiary/aromatic N) is 2. The average molecular weight is 328 g/mol. The lowest BCUT2D eigenvalue weighted by Crippen LogP contribution is -2.41. The van der Waals surface area contributed by atoms with Crippen molar-refractivity contribution in [3.8, 4) is 0 Å². The number of hydrogen-bond donors (Lipinski definition) is 2. The first-order chi connectivity index (χ1) is 11.4. The molecule has 1 amide bonds. The molecule has 0 fully saturated rings. The van der Waals surface area contributed by atoms with Gasteiger partial charge < -0.3 is 11.1 Å². The van der Waals surface area contributed by atoms with E-state index in [4.69, 9.17) is 5.73 Å². The predicted molar refractivity (Wildman–Crippen MR) is 96.5 cm³/mol. The smallest absolute Gasteiger partial charge is 0.237 e. The third-order valence-corrected chi connectivity index (χ3v) is 4.21. The number of carbonyl (C=O) groups excluding carboxylic acids is 1. The fraction of sp³-hybridized carbons (Fsp3) is 0.474. The topological polar surface area (TPSA) is 72.9 Å². The van der Waals surface area contributed by atoms with Crippen molar-refractivity contribution >= 4 is 5.91 Å². The van der Waals surface area contributed by atoms with E-state index in [1.165, 1.54) is 5.56 Å². The van der Waals surface area contributed by atoms with Crippen molar-refractivity contribution in [2.75, 3.05) is 0 Å². The maximum Gasteiger partial charge on any atom is 0.237 e. The number of aromatic nitrogens is 2. The molecule has 0 aliphatic carbocycles. The number of nitrogens with one attached hydrogen (secondary N) is 1. The first kappa shape index (κ1) is 18.2. The summed E-state index contributed by atoms with van der Waals surface area (Å²) in [6, 6.07) is 9.78. The SMILES string of the molecule is Cc1nn(Cc2ccccc2)c(C)c1CNC(=O)[C@@H](N)CC(C)C. The van der Waals surface area contributed by atoms with Crippen molar-refractivity contribution in [2.45, 2.75) is 53.2 Å². The van der Waals surface area contributed by atoms with E-state index >= 15 is 0 Å². The zero-order valence-electron chi connectivity index (χ0n) is 15.0. The van der Waals surface area contributed by atoms with Crippen molar-refractivity contribution in [1.29, 1.82) is 0 Å². The van der Waals surface area contributed by atoms with Crippen LogP contribution < -0.4 is 11.1 Å². The lowest BCUT2D eigenvalue weighted by Gasteiger charge is -2.14. The van der Waals surface area contributed by atoms with Crippen LogP contribution in [0.25, 0.3) is 0 Å². The highest BCUT2D eigenvalue weighted by Gasteiger charge is 2.17. The van der Waals surface area contributed by atoms with E-state index in [-0.39, 0.29) is 5.91 Å². The summed E-state index contributed by atoms with van der Waals surface area (Å²) in [5.74, 6) is 0.307. The summed E-state index contributed by atoms with van der Waals surface area (Å²) in [5.41, 5.74) is 10.2. The molecule has 0 unspecified atom stereocenters. The van der Waals surface area contributed by atoms with Crippen LogP contribution in [-0.2, 0) is 17.9 Å². The van der Waals surface area contributed by atoms with Gasteiger partial charge in [0.1, 0.15) is 0 Å². The van der Waals surface area contributed by atoms with E-state index in [1.807, 2.05) is 36.7 Å². The second-order valence-electron chi connectivity index (χ2n) is 6.75. The largest absolute Gasteiger partial charge is 0.351 e. The Labute approximate surface area is 144 Å². The summed E-state index contributed by atoms with van der Waals surface area (Å²) in [6.07, 6.45) is 0.692. The molecule has 2 rings (SSSR count). The molecular formula is C19H28N4O. The Morgan fingerprint density at radius 3 is 2.54 bits per heavy atom. The lowest BCUT2D eigenvalue weighted by molar-refractivity contribution is -0.122. The standard InChI is InChI=1S/C19H28N4O/c1-13(2)10-18(20)19(24)21-11-17-14(3)22-23(15(17)4)12-16-8-6-5-7-9-16/h5-9,13,18H,10-12,20H2,1-4H3,(H,21,24)/t18-/m0/s1. The van der Waals surface area contributed by atoms with Gasteiger partial charge in [0.25, 0.3) is 0 Å². The minimum atomic E-state index is -0.454. The third-order valence-electron chi connectivity index (χ3n) is 4.21. The summed E-state index contributed by atoms with van der Waals surface area (Å²) >= 11 is 0. The van der Waals surface area contributed by atoms with E-state index in [0.29, 0.717) is 18.9 Å². The molecule has 1 aromatic carbocycles. The molecule has 0 aliphatic rings. The molecular weight excluding hydrogens is 300 g/mol. The van der Waals surface area contributed by atoms with Crippen molar-refractivity contribution in [2.24, 2.45) is 11.7 Å². The Balaban J connectivity index is 2.02. The number of carbonyl (C=O) groups is 1. The van der Waals surface area contributed by atoms with Crippen molar-refractivity contribution < 1.29 is 4.79 Å². The maximum atomic E-state index is 12.1. The molecule has 5 heteroatoms. The Morgan fingerprint density at radius 1 is 1.25 bits per heavy atom. The van der Waals surface area contributed by atoms with E-state index in [1.54, 1.807) is 0 Å². The van der Waals surface area contributed by atoms with Gasteiger partial charge in [-0.2, -0.15) is 5.10 Å². The Bertz CT molecular complexity index is 676. The molecule has 0 saturated heterocycles. The second-order valence-corrected chi connectivity index (χ2v) is 6.75. The van der Waals surface area contributed by atoms with Crippen LogP contribution in [-0.4, -0.2) is 21.7 Å². The van der Waals surface area contributed by atoms with Gasteiger partial charge in [-0.3, -0.25) is 9.48 Å². The molecule has 2 aromatic rings. The molecule has 0 saturated carbocycles.